The molecule has 3 rings (SSSR count). The lowest BCUT2D eigenvalue weighted by Crippen LogP contribution is -2.25. The zero-order valence-electron chi connectivity index (χ0n) is 13.5. The highest BCUT2D eigenvalue weighted by atomic mass is 32.3. The van der Waals surface area contributed by atoms with Crippen molar-refractivity contribution in [2.75, 3.05) is 12.3 Å². The first kappa shape index (κ1) is 17.2. The molecule has 1 aromatic rings. The second-order valence-corrected chi connectivity index (χ2v) is 8.13. The number of rotatable bonds is 6. The van der Waals surface area contributed by atoms with Crippen molar-refractivity contribution in [3.8, 4) is 5.75 Å². The Morgan fingerprint density at radius 3 is 2.71 bits per heavy atom. The summed E-state index contributed by atoms with van der Waals surface area (Å²) in [6, 6.07) is 7.63. The molecule has 0 bridgehead atoms. The molecule has 2 aliphatic rings. The summed E-state index contributed by atoms with van der Waals surface area (Å²) in [7, 11) is -4.55. The maximum atomic E-state index is 12.8. The Labute approximate surface area is 142 Å². The van der Waals surface area contributed by atoms with E-state index in [4.69, 9.17) is 4.74 Å². The van der Waals surface area contributed by atoms with Crippen LogP contribution in [-0.4, -0.2) is 37.6 Å². The van der Waals surface area contributed by atoms with Gasteiger partial charge in [-0.2, -0.15) is 8.42 Å². The molecule has 132 valence electrons. The fraction of sp³-hybridized carbons (Fsp3) is 0.588. The molecule has 1 unspecified atom stereocenters. The maximum Gasteiger partial charge on any atom is 0.302 e. The number of likely N-dealkylation sites (tertiary alicyclic amines) is 1. The molecule has 1 amide bonds. The van der Waals surface area contributed by atoms with Crippen LogP contribution in [0.5, 0.6) is 5.75 Å². The van der Waals surface area contributed by atoms with Gasteiger partial charge in [-0.1, -0.05) is 12.1 Å². The second-order valence-electron chi connectivity index (χ2n) is 6.72. The molecule has 2 fully saturated rings. The number of benzene rings is 1. The van der Waals surface area contributed by atoms with E-state index in [0.717, 1.165) is 24.2 Å². The Morgan fingerprint density at radius 2 is 2.00 bits per heavy atom. The van der Waals surface area contributed by atoms with E-state index in [0.29, 0.717) is 6.54 Å². The van der Waals surface area contributed by atoms with Gasteiger partial charge in [0, 0.05) is 25.4 Å². The van der Waals surface area contributed by atoms with Gasteiger partial charge in [-0.05, 0) is 43.4 Å². The van der Waals surface area contributed by atoms with Crippen LogP contribution in [0, 0.1) is 5.92 Å². The Bertz CT molecular complexity index is 700. The molecule has 7 heteroatoms. The van der Waals surface area contributed by atoms with Crippen LogP contribution in [0.4, 0.5) is 3.89 Å². The Kier molecular flexibility index (Phi) is 5.08. The second kappa shape index (κ2) is 7.09. The van der Waals surface area contributed by atoms with Gasteiger partial charge in [-0.25, -0.2) is 0 Å². The highest BCUT2D eigenvalue weighted by Crippen LogP contribution is 2.26. The van der Waals surface area contributed by atoms with E-state index in [1.807, 2.05) is 24.3 Å². The fourth-order valence-electron chi connectivity index (χ4n) is 3.54. The fourth-order valence-corrected chi connectivity index (χ4v) is 4.32. The summed E-state index contributed by atoms with van der Waals surface area (Å²) in [5.74, 6) is -0.384. The van der Waals surface area contributed by atoms with E-state index in [1.54, 1.807) is 4.90 Å². The summed E-state index contributed by atoms with van der Waals surface area (Å²) in [5.41, 5.74) is 0.933. The molecule has 1 saturated carbocycles. The summed E-state index contributed by atoms with van der Waals surface area (Å²) in [6.45, 7) is 0.666. The highest BCUT2D eigenvalue weighted by molar-refractivity contribution is 7.86. The minimum Gasteiger partial charge on any atom is -0.490 e. The number of amides is 1. The van der Waals surface area contributed by atoms with Crippen LogP contribution in [0.15, 0.2) is 24.3 Å². The van der Waals surface area contributed by atoms with Crippen molar-refractivity contribution < 1.29 is 21.8 Å². The predicted octanol–water partition coefficient (Wildman–Crippen LogP) is 2.66. The summed E-state index contributed by atoms with van der Waals surface area (Å²) in [5, 5.41) is 0. The highest BCUT2D eigenvalue weighted by Gasteiger charge is 2.32. The van der Waals surface area contributed by atoms with E-state index in [-0.39, 0.29) is 25.0 Å². The molecule has 0 spiro atoms. The maximum absolute atomic E-state index is 12.8. The molecule has 0 aromatic heterocycles. The van der Waals surface area contributed by atoms with Gasteiger partial charge in [-0.3, -0.25) is 4.79 Å². The van der Waals surface area contributed by atoms with Gasteiger partial charge in [0.1, 0.15) is 5.75 Å². The van der Waals surface area contributed by atoms with Crippen molar-refractivity contribution in [2.45, 2.75) is 44.8 Å². The van der Waals surface area contributed by atoms with Crippen molar-refractivity contribution in [1.82, 2.24) is 4.90 Å². The molecule has 0 radical (unpaired) electrons. The van der Waals surface area contributed by atoms with Gasteiger partial charge >= 0.3 is 10.2 Å². The standard InChI is InChI=1S/C17H22FNO4S/c18-24(21,22)12-14-9-17(20)19(11-14)10-13-4-3-7-16(8-13)23-15-5-1-2-6-15/h3-4,7-8,14-15H,1-2,5-6,9-12H2. The number of hydrogen-bond acceptors (Lipinski definition) is 4. The number of carbonyl (C=O) groups is 1. The lowest BCUT2D eigenvalue weighted by atomic mass is 10.1. The Morgan fingerprint density at radius 1 is 1.25 bits per heavy atom. The third-order valence-electron chi connectivity index (χ3n) is 4.61. The summed E-state index contributed by atoms with van der Waals surface area (Å²) >= 11 is 0. The Balaban J connectivity index is 1.60. The zero-order chi connectivity index (χ0) is 17.2. The Hall–Kier alpha value is -1.63. The van der Waals surface area contributed by atoms with E-state index in [9.17, 15) is 17.1 Å². The lowest BCUT2D eigenvalue weighted by Gasteiger charge is -2.18. The first-order chi connectivity index (χ1) is 11.4. The van der Waals surface area contributed by atoms with Crippen molar-refractivity contribution in [1.29, 1.82) is 0 Å². The van der Waals surface area contributed by atoms with Crippen molar-refractivity contribution in [3.05, 3.63) is 29.8 Å². The molecule has 1 aliphatic heterocycles. The number of hydrogen-bond donors (Lipinski definition) is 0. The number of nitrogens with zero attached hydrogens (tertiary/aromatic N) is 1. The number of halogens is 1. The van der Waals surface area contributed by atoms with Crippen molar-refractivity contribution in [3.63, 3.8) is 0 Å². The molecule has 5 nitrogen and oxygen atoms in total. The van der Waals surface area contributed by atoms with Crippen LogP contribution in [-0.2, 0) is 21.6 Å². The van der Waals surface area contributed by atoms with E-state index < -0.39 is 21.9 Å². The molecular weight excluding hydrogens is 333 g/mol. The lowest BCUT2D eigenvalue weighted by molar-refractivity contribution is -0.128. The minimum atomic E-state index is -4.55. The summed E-state index contributed by atoms with van der Waals surface area (Å²) < 4.78 is 40.3. The van der Waals surface area contributed by atoms with Gasteiger partial charge < -0.3 is 9.64 Å². The molecule has 1 saturated heterocycles. The van der Waals surface area contributed by atoms with E-state index in [2.05, 4.69) is 0 Å². The summed E-state index contributed by atoms with van der Waals surface area (Å²) in [6.07, 6.45) is 4.91. The van der Waals surface area contributed by atoms with Crippen molar-refractivity contribution in [2.24, 2.45) is 5.92 Å². The average molecular weight is 355 g/mol. The first-order valence-electron chi connectivity index (χ1n) is 8.35. The predicted molar refractivity (Wildman–Crippen MR) is 87.7 cm³/mol. The third kappa shape index (κ3) is 4.69. The van der Waals surface area contributed by atoms with Gasteiger partial charge in [0.25, 0.3) is 0 Å². The first-order valence-corrected chi connectivity index (χ1v) is 9.90. The number of carbonyl (C=O) groups excluding carboxylic acids is 1. The minimum absolute atomic E-state index is 0.0847. The van der Waals surface area contributed by atoms with Crippen LogP contribution in [0.3, 0.4) is 0 Å². The smallest absolute Gasteiger partial charge is 0.302 e. The quantitative estimate of drug-likeness (QED) is 0.736. The largest absolute Gasteiger partial charge is 0.490 e. The number of ether oxygens (including phenoxy) is 1. The normalized spacial score (nSPS) is 22.3. The summed E-state index contributed by atoms with van der Waals surface area (Å²) in [4.78, 5) is 13.6. The monoisotopic (exact) mass is 355 g/mol. The molecule has 1 atom stereocenters. The topological polar surface area (TPSA) is 63.7 Å². The molecule has 0 N–H and O–H groups in total. The van der Waals surface area contributed by atoms with Crippen LogP contribution in [0.1, 0.15) is 37.7 Å². The van der Waals surface area contributed by atoms with Crippen LogP contribution in [0.2, 0.25) is 0 Å². The third-order valence-corrected chi connectivity index (χ3v) is 5.48. The van der Waals surface area contributed by atoms with Crippen molar-refractivity contribution >= 4 is 16.1 Å². The molecule has 1 aliphatic carbocycles. The van der Waals surface area contributed by atoms with Gasteiger partial charge in [0.15, 0.2) is 0 Å². The van der Waals surface area contributed by atoms with E-state index >= 15 is 0 Å². The van der Waals surface area contributed by atoms with Crippen LogP contribution < -0.4 is 4.74 Å². The van der Waals surface area contributed by atoms with E-state index in [1.165, 1.54) is 12.8 Å². The molecule has 24 heavy (non-hydrogen) atoms. The van der Waals surface area contributed by atoms with Crippen LogP contribution in [0.25, 0.3) is 0 Å². The molecule has 1 heterocycles. The molecule has 1 aromatic carbocycles. The average Bonchev–Trinajstić information content (AvgIpc) is 3.08. The van der Waals surface area contributed by atoms with Gasteiger partial charge in [0.2, 0.25) is 5.91 Å². The van der Waals surface area contributed by atoms with Gasteiger partial charge in [-0.15, -0.1) is 3.89 Å². The molecular formula is C17H22FNO4S. The van der Waals surface area contributed by atoms with Crippen LogP contribution >= 0.6 is 0 Å². The zero-order valence-corrected chi connectivity index (χ0v) is 14.3. The van der Waals surface area contributed by atoms with Gasteiger partial charge in [0.05, 0.1) is 11.9 Å². The SMILES string of the molecule is O=C1CC(CS(=O)(=O)F)CN1Cc1cccc(OC2CCCC2)c1.